The number of nitrogens with one attached hydrogen (secondary N) is 1. The van der Waals surface area contributed by atoms with Crippen molar-refractivity contribution in [2.75, 3.05) is 16.8 Å². The van der Waals surface area contributed by atoms with E-state index in [0.29, 0.717) is 23.6 Å². The number of imide groups is 1. The van der Waals surface area contributed by atoms with Crippen LogP contribution in [-0.4, -0.2) is 18.4 Å². The fourth-order valence-corrected chi connectivity index (χ4v) is 3.61. The minimum atomic E-state index is -0.539. The molecule has 0 bridgehead atoms. The molecule has 4 rings (SSSR count). The van der Waals surface area contributed by atoms with Crippen LogP contribution in [0.4, 0.5) is 15.8 Å². The maximum absolute atomic E-state index is 13.8. The summed E-state index contributed by atoms with van der Waals surface area (Å²) in [6.07, 6.45) is 0. The van der Waals surface area contributed by atoms with Crippen molar-refractivity contribution in [1.29, 1.82) is 0 Å². The lowest BCUT2D eigenvalue weighted by atomic mass is 10.0. The van der Waals surface area contributed by atoms with Crippen LogP contribution in [0.25, 0.3) is 5.57 Å². The van der Waals surface area contributed by atoms with Crippen LogP contribution in [0, 0.1) is 19.7 Å². The van der Waals surface area contributed by atoms with Crippen molar-refractivity contribution in [2.45, 2.75) is 20.8 Å². The van der Waals surface area contributed by atoms with Crippen molar-refractivity contribution in [3.63, 3.8) is 0 Å². The minimum Gasteiger partial charge on any atom is -0.494 e. The Morgan fingerprint density at radius 1 is 0.906 bits per heavy atom. The molecule has 0 saturated carbocycles. The summed E-state index contributed by atoms with van der Waals surface area (Å²) in [4.78, 5) is 27.8. The number of halogens is 1. The topological polar surface area (TPSA) is 58.6 Å². The molecule has 1 heterocycles. The number of amides is 2. The molecule has 0 radical (unpaired) electrons. The van der Waals surface area contributed by atoms with E-state index in [1.54, 1.807) is 24.3 Å². The first kappa shape index (κ1) is 21.3. The summed E-state index contributed by atoms with van der Waals surface area (Å²) >= 11 is 0. The third-order valence-electron chi connectivity index (χ3n) is 5.38. The molecule has 0 aliphatic carbocycles. The van der Waals surface area contributed by atoms with Crippen molar-refractivity contribution in [2.24, 2.45) is 0 Å². The fraction of sp³-hybridized carbons (Fsp3) is 0.154. The van der Waals surface area contributed by atoms with E-state index in [9.17, 15) is 14.0 Å². The Labute approximate surface area is 186 Å². The average molecular weight is 430 g/mol. The second-order valence-electron chi connectivity index (χ2n) is 7.56. The van der Waals surface area contributed by atoms with E-state index in [1.165, 1.54) is 24.3 Å². The molecule has 0 unspecified atom stereocenters. The van der Waals surface area contributed by atoms with Crippen LogP contribution >= 0.6 is 0 Å². The molecule has 0 aromatic heterocycles. The summed E-state index contributed by atoms with van der Waals surface area (Å²) in [7, 11) is 0. The van der Waals surface area contributed by atoms with Crippen molar-refractivity contribution < 1.29 is 18.7 Å². The van der Waals surface area contributed by atoms with Gasteiger partial charge in [0.1, 0.15) is 17.3 Å². The highest BCUT2D eigenvalue weighted by Gasteiger charge is 2.40. The Hall–Kier alpha value is -3.93. The van der Waals surface area contributed by atoms with Gasteiger partial charge in [0.15, 0.2) is 0 Å². The number of hydrogen-bond acceptors (Lipinski definition) is 4. The monoisotopic (exact) mass is 430 g/mol. The number of rotatable bonds is 6. The van der Waals surface area contributed by atoms with E-state index in [1.807, 2.05) is 39.0 Å². The second-order valence-corrected chi connectivity index (χ2v) is 7.56. The molecule has 1 aliphatic heterocycles. The van der Waals surface area contributed by atoms with Crippen molar-refractivity contribution in [3.05, 3.63) is 94.9 Å². The zero-order valence-electron chi connectivity index (χ0n) is 18.1. The van der Waals surface area contributed by atoms with Crippen molar-refractivity contribution in [3.8, 4) is 5.75 Å². The van der Waals surface area contributed by atoms with Crippen LogP contribution in [0.2, 0.25) is 0 Å². The first-order chi connectivity index (χ1) is 15.4. The summed E-state index contributed by atoms with van der Waals surface area (Å²) in [6, 6.07) is 18.1. The fourth-order valence-electron chi connectivity index (χ4n) is 3.61. The number of benzene rings is 3. The summed E-state index contributed by atoms with van der Waals surface area (Å²) < 4.78 is 19.3. The molecule has 32 heavy (non-hydrogen) atoms. The van der Waals surface area contributed by atoms with Gasteiger partial charge in [-0.1, -0.05) is 24.3 Å². The standard InChI is InChI=1S/C26H23FN2O3/c1-4-32-22-12-9-18(10-13-22)23-24(28-20-11-8-16(2)17(3)14-20)26(31)29(25(23)30)21-7-5-6-19(27)15-21/h5-15,28H,4H2,1-3H3. The number of aryl methyl sites for hydroxylation is 2. The van der Waals surface area contributed by atoms with E-state index < -0.39 is 17.6 Å². The van der Waals surface area contributed by atoms with E-state index in [2.05, 4.69) is 5.32 Å². The molecular formula is C26H23FN2O3. The van der Waals surface area contributed by atoms with Gasteiger partial charge < -0.3 is 10.1 Å². The van der Waals surface area contributed by atoms with Gasteiger partial charge in [-0.3, -0.25) is 9.59 Å². The maximum atomic E-state index is 13.8. The predicted molar refractivity (Wildman–Crippen MR) is 123 cm³/mol. The second kappa shape index (κ2) is 8.67. The molecule has 0 spiro atoms. The Morgan fingerprint density at radius 3 is 2.31 bits per heavy atom. The van der Waals surface area contributed by atoms with Gasteiger partial charge >= 0.3 is 0 Å². The largest absolute Gasteiger partial charge is 0.494 e. The molecule has 6 heteroatoms. The van der Waals surface area contributed by atoms with Crippen molar-refractivity contribution >= 4 is 28.8 Å². The quantitative estimate of drug-likeness (QED) is 0.544. The third kappa shape index (κ3) is 3.99. The molecule has 1 N–H and O–H groups in total. The number of carbonyl (C=O) groups excluding carboxylic acids is 2. The lowest BCUT2D eigenvalue weighted by molar-refractivity contribution is -0.120. The molecule has 0 fully saturated rings. The van der Waals surface area contributed by atoms with Gasteiger partial charge in [-0.25, -0.2) is 9.29 Å². The molecule has 0 saturated heterocycles. The number of hydrogen-bond donors (Lipinski definition) is 1. The van der Waals surface area contributed by atoms with Crippen LogP contribution in [0.1, 0.15) is 23.6 Å². The minimum absolute atomic E-state index is 0.145. The van der Waals surface area contributed by atoms with Gasteiger partial charge in [0.05, 0.1) is 17.9 Å². The molecular weight excluding hydrogens is 407 g/mol. The molecule has 1 aliphatic rings. The zero-order valence-corrected chi connectivity index (χ0v) is 18.1. The van der Waals surface area contributed by atoms with E-state index in [-0.39, 0.29) is 17.0 Å². The van der Waals surface area contributed by atoms with Gasteiger partial charge in [-0.2, -0.15) is 0 Å². The Kier molecular flexibility index (Phi) is 5.77. The summed E-state index contributed by atoms with van der Waals surface area (Å²) in [5.41, 5.74) is 3.97. The smallest absolute Gasteiger partial charge is 0.282 e. The van der Waals surface area contributed by atoms with Gasteiger partial charge in [0.25, 0.3) is 11.8 Å². The highest BCUT2D eigenvalue weighted by molar-refractivity contribution is 6.46. The van der Waals surface area contributed by atoms with E-state index >= 15 is 0 Å². The average Bonchev–Trinajstić information content (AvgIpc) is 3.01. The van der Waals surface area contributed by atoms with E-state index in [0.717, 1.165) is 16.0 Å². The first-order valence-corrected chi connectivity index (χ1v) is 10.3. The van der Waals surface area contributed by atoms with Crippen molar-refractivity contribution in [1.82, 2.24) is 0 Å². The van der Waals surface area contributed by atoms with Crippen LogP contribution in [0.3, 0.4) is 0 Å². The Balaban J connectivity index is 1.80. The summed E-state index contributed by atoms with van der Waals surface area (Å²) in [5, 5.41) is 3.13. The number of ether oxygens (including phenoxy) is 1. The molecule has 5 nitrogen and oxygen atoms in total. The number of carbonyl (C=O) groups is 2. The molecule has 3 aromatic rings. The lowest BCUT2D eigenvalue weighted by Gasteiger charge is -2.15. The highest BCUT2D eigenvalue weighted by Crippen LogP contribution is 2.34. The van der Waals surface area contributed by atoms with Gasteiger partial charge in [-0.05, 0) is 79.9 Å². The molecule has 3 aromatic carbocycles. The SMILES string of the molecule is CCOc1ccc(C2=C(Nc3ccc(C)c(C)c3)C(=O)N(c3cccc(F)c3)C2=O)cc1. The van der Waals surface area contributed by atoms with Gasteiger partial charge in [0.2, 0.25) is 0 Å². The number of anilines is 2. The highest BCUT2D eigenvalue weighted by atomic mass is 19.1. The summed E-state index contributed by atoms with van der Waals surface area (Å²) in [5.74, 6) is -0.917. The predicted octanol–water partition coefficient (Wildman–Crippen LogP) is 5.24. The van der Waals surface area contributed by atoms with Crippen LogP contribution in [0.5, 0.6) is 5.75 Å². The molecule has 2 amide bonds. The lowest BCUT2D eigenvalue weighted by Crippen LogP contribution is -2.32. The van der Waals surface area contributed by atoms with Crippen LogP contribution in [-0.2, 0) is 9.59 Å². The maximum Gasteiger partial charge on any atom is 0.282 e. The van der Waals surface area contributed by atoms with Crippen LogP contribution < -0.4 is 15.0 Å². The molecule has 162 valence electrons. The van der Waals surface area contributed by atoms with Gasteiger partial charge in [0, 0.05) is 5.69 Å². The van der Waals surface area contributed by atoms with Crippen LogP contribution in [0.15, 0.2) is 72.4 Å². The first-order valence-electron chi connectivity index (χ1n) is 10.3. The Morgan fingerprint density at radius 2 is 1.66 bits per heavy atom. The molecule has 0 atom stereocenters. The Bertz CT molecular complexity index is 1230. The zero-order chi connectivity index (χ0) is 22.8. The van der Waals surface area contributed by atoms with E-state index in [4.69, 9.17) is 4.74 Å². The van der Waals surface area contributed by atoms with Gasteiger partial charge in [-0.15, -0.1) is 0 Å². The number of nitrogens with zero attached hydrogens (tertiary/aromatic N) is 1. The normalized spacial score (nSPS) is 13.7. The summed E-state index contributed by atoms with van der Waals surface area (Å²) in [6.45, 7) is 6.38. The third-order valence-corrected chi connectivity index (χ3v) is 5.38.